The molecule has 1 atom stereocenters. The number of rotatable bonds is 4. The van der Waals surface area contributed by atoms with Crippen molar-refractivity contribution in [3.05, 3.63) is 5.89 Å². The number of piperidine rings is 1. The summed E-state index contributed by atoms with van der Waals surface area (Å²) < 4.78 is 11.3. The van der Waals surface area contributed by atoms with Crippen molar-refractivity contribution in [3.63, 3.8) is 0 Å². The smallest absolute Gasteiger partial charge is 0.318 e. The normalized spacial score (nSPS) is 24.1. The Balaban J connectivity index is 1.98. The van der Waals surface area contributed by atoms with Gasteiger partial charge < -0.3 is 19.4 Å². The lowest BCUT2D eigenvalue weighted by Gasteiger charge is -2.38. The van der Waals surface area contributed by atoms with Crippen LogP contribution in [0.4, 0.5) is 6.01 Å². The van der Waals surface area contributed by atoms with Crippen molar-refractivity contribution in [3.8, 4) is 0 Å². The summed E-state index contributed by atoms with van der Waals surface area (Å²) >= 11 is 0. The van der Waals surface area contributed by atoms with Crippen LogP contribution in [0.2, 0.25) is 0 Å². The van der Waals surface area contributed by atoms with E-state index >= 15 is 0 Å². The molecule has 0 aromatic carbocycles. The van der Waals surface area contributed by atoms with Crippen LogP contribution in [-0.2, 0) is 11.3 Å². The summed E-state index contributed by atoms with van der Waals surface area (Å²) in [5.74, 6) is 0.625. The van der Waals surface area contributed by atoms with Crippen LogP contribution in [0, 0.1) is 0 Å². The van der Waals surface area contributed by atoms with Gasteiger partial charge in [-0.3, -0.25) is 0 Å². The molecule has 6 heteroatoms. The highest BCUT2D eigenvalue weighted by molar-refractivity contribution is 5.26. The van der Waals surface area contributed by atoms with Crippen molar-refractivity contribution in [2.75, 3.05) is 25.1 Å². The maximum Gasteiger partial charge on any atom is 0.318 e. The van der Waals surface area contributed by atoms with Gasteiger partial charge in [-0.25, -0.2) is 0 Å². The molecule has 20 heavy (non-hydrogen) atoms. The molecule has 0 radical (unpaired) electrons. The molecule has 1 N–H and O–H groups in total. The summed E-state index contributed by atoms with van der Waals surface area (Å²) in [7, 11) is 1.76. The third-order valence-electron chi connectivity index (χ3n) is 3.65. The second-order valence-electron chi connectivity index (χ2n) is 6.76. The molecule has 1 aromatic rings. The van der Waals surface area contributed by atoms with E-state index in [9.17, 15) is 0 Å². The van der Waals surface area contributed by atoms with E-state index in [1.54, 1.807) is 7.11 Å². The predicted octanol–water partition coefficient (Wildman–Crippen LogP) is 1.96. The van der Waals surface area contributed by atoms with Gasteiger partial charge in [0.05, 0.1) is 18.7 Å². The average molecular weight is 282 g/mol. The fourth-order valence-corrected chi connectivity index (χ4v) is 2.32. The van der Waals surface area contributed by atoms with E-state index in [-0.39, 0.29) is 11.1 Å². The van der Waals surface area contributed by atoms with Gasteiger partial charge in [0.1, 0.15) is 0 Å². The Morgan fingerprint density at radius 2 is 2.15 bits per heavy atom. The van der Waals surface area contributed by atoms with Gasteiger partial charge in [-0.1, -0.05) is 5.10 Å². The van der Waals surface area contributed by atoms with Gasteiger partial charge >= 0.3 is 6.01 Å². The number of anilines is 1. The fourth-order valence-electron chi connectivity index (χ4n) is 2.32. The lowest BCUT2D eigenvalue weighted by molar-refractivity contribution is -0.00568. The standard InChI is InChI=1S/C14H26N4O2/c1-13(2,3)15-9-11-16-17-12(20-11)18-8-6-7-14(4,10-18)19-5/h15H,6-10H2,1-5H3. The lowest BCUT2D eigenvalue weighted by atomic mass is 9.95. The molecule has 0 aliphatic carbocycles. The van der Waals surface area contributed by atoms with Crippen LogP contribution >= 0.6 is 0 Å². The molecule has 1 saturated heterocycles. The monoisotopic (exact) mass is 282 g/mol. The van der Waals surface area contributed by atoms with Crippen LogP contribution in [0.5, 0.6) is 0 Å². The highest BCUT2D eigenvalue weighted by Gasteiger charge is 2.32. The van der Waals surface area contributed by atoms with Gasteiger partial charge in [-0.15, -0.1) is 5.10 Å². The van der Waals surface area contributed by atoms with E-state index < -0.39 is 0 Å². The minimum Gasteiger partial charge on any atom is -0.407 e. The number of ether oxygens (including phenoxy) is 1. The molecule has 1 unspecified atom stereocenters. The Hall–Kier alpha value is -1.14. The molecular formula is C14H26N4O2. The van der Waals surface area contributed by atoms with Crippen molar-refractivity contribution in [1.82, 2.24) is 15.5 Å². The molecule has 114 valence electrons. The maximum atomic E-state index is 5.74. The van der Waals surface area contributed by atoms with Crippen LogP contribution in [0.15, 0.2) is 4.42 Å². The van der Waals surface area contributed by atoms with E-state index in [0.717, 1.165) is 25.9 Å². The zero-order valence-corrected chi connectivity index (χ0v) is 13.2. The Morgan fingerprint density at radius 3 is 2.80 bits per heavy atom. The molecule has 0 spiro atoms. The van der Waals surface area contributed by atoms with Gasteiger partial charge in [0.15, 0.2) is 0 Å². The fraction of sp³-hybridized carbons (Fsp3) is 0.857. The summed E-state index contributed by atoms with van der Waals surface area (Å²) in [6.45, 7) is 10.8. The van der Waals surface area contributed by atoms with Crippen LogP contribution < -0.4 is 10.2 Å². The van der Waals surface area contributed by atoms with Crippen molar-refractivity contribution in [2.24, 2.45) is 0 Å². The summed E-state index contributed by atoms with van der Waals surface area (Å²) in [5, 5.41) is 11.6. The zero-order chi connectivity index (χ0) is 14.8. The van der Waals surface area contributed by atoms with Crippen molar-refractivity contribution >= 4 is 6.01 Å². The van der Waals surface area contributed by atoms with Gasteiger partial charge in [0.2, 0.25) is 5.89 Å². The maximum absolute atomic E-state index is 5.74. The van der Waals surface area contributed by atoms with E-state index in [2.05, 4.69) is 48.1 Å². The quantitative estimate of drug-likeness (QED) is 0.911. The van der Waals surface area contributed by atoms with Crippen molar-refractivity contribution in [1.29, 1.82) is 0 Å². The first-order valence-electron chi connectivity index (χ1n) is 7.19. The first-order chi connectivity index (χ1) is 9.31. The van der Waals surface area contributed by atoms with Gasteiger partial charge in [-0.2, -0.15) is 0 Å². The Bertz CT molecular complexity index is 441. The first-order valence-corrected chi connectivity index (χ1v) is 7.19. The molecule has 2 heterocycles. The lowest BCUT2D eigenvalue weighted by Crippen LogP contribution is -2.47. The molecule has 1 aliphatic heterocycles. The molecule has 0 amide bonds. The Morgan fingerprint density at radius 1 is 1.40 bits per heavy atom. The van der Waals surface area contributed by atoms with E-state index in [1.807, 2.05) is 0 Å². The number of nitrogens with zero attached hydrogens (tertiary/aromatic N) is 3. The molecule has 0 saturated carbocycles. The number of hydrogen-bond acceptors (Lipinski definition) is 6. The summed E-state index contributed by atoms with van der Waals surface area (Å²) in [6.07, 6.45) is 2.13. The minimum absolute atomic E-state index is 0.0361. The molecule has 6 nitrogen and oxygen atoms in total. The first kappa shape index (κ1) is 15.3. The third-order valence-corrected chi connectivity index (χ3v) is 3.65. The van der Waals surface area contributed by atoms with E-state index in [1.165, 1.54) is 0 Å². The second kappa shape index (κ2) is 5.69. The zero-order valence-electron chi connectivity index (χ0n) is 13.2. The van der Waals surface area contributed by atoms with Gasteiger partial charge in [-0.05, 0) is 40.5 Å². The molecule has 1 aliphatic rings. The highest BCUT2D eigenvalue weighted by atomic mass is 16.5. The number of hydrogen-bond donors (Lipinski definition) is 1. The molecule has 0 bridgehead atoms. The summed E-state index contributed by atoms with van der Waals surface area (Å²) in [5.41, 5.74) is -0.0923. The van der Waals surface area contributed by atoms with E-state index in [0.29, 0.717) is 18.5 Å². The number of aromatic nitrogens is 2. The van der Waals surface area contributed by atoms with Gasteiger partial charge in [0, 0.05) is 19.2 Å². The topological polar surface area (TPSA) is 63.4 Å². The SMILES string of the molecule is COC1(C)CCCN(c2nnc(CNC(C)(C)C)o2)C1. The van der Waals surface area contributed by atoms with Crippen LogP contribution in [0.1, 0.15) is 46.4 Å². The van der Waals surface area contributed by atoms with E-state index in [4.69, 9.17) is 9.15 Å². The molecule has 1 aromatic heterocycles. The summed E-state index contributed by atoms with van der Waals surface area (Å²) in [6, 6.07) is 0.596. The number of nitrogens with one attached hydrogen (secondary N) is 1. The Labute approximate surface area is 120 Å². The average Bonchev–Trinajstić information content (AvgIpc) is 2.84. The minimum atomic E-state index is -0.128. The van der Waals surface area contributed by atoms with Gasteiger partial charge in [0.25, 0.3) is 0 Å². The molecule has 1 fully saturated rings. The second-order valence-corrected chi connectivity index (χ2v) is 6.76. The number of methoxy groups -OCH3 is 1. The molecule has 2 rings (SSSR count). The highest BCUT2D eigenvalue weighted by Crippen LogP contribution is 2.27. The largest absolute Gasteiger partial charge is 0.407 e. The summed E-state index contributed by atoms with van der Waals surface area (Å²) in [4.78, 5) is 2.11. The third kappa shape index (κ3) is 3.93. The predicted molar refractivity (Wildman–Crippen MR) is 77.8 cm³/mol. The van der Waals surface area contributed by atoms with Crippen LogP contribution in [0.25, 0.3) is 0 Å². The van der Waals surface area contributed by atoms with Crippen LogP contribution in [-0.4, -0.2) is 41.5 Å². The molecular weight excluding hydrogens is 256 g/mol. The Kier molecular flexibility index (Phi) is 4.34. The van der Waals surface area contributed by atoms with Crippen molar-refractivity contribution < 1.29 is 9.15 Å². The van der Waals surface area contributed by atoms with Crippen LogP contribution in [0.3, 0.4) is 0 Å². The van der Waals surface area contributed by atoms with Crippen molar-refractivity contribution in [2.45, 2.75) is 58.2 Å².